The number of nitrogens with zero attached hydrogens (tertiary/aromatic N) is 3. The van der Waals surface area contributed by atoms with Gasteiger partial charge in [0.15, 0.2) is 0 Å². The molecule has 3 rings (SSSR count). The summed E-state index contributed by atoms with van der Waals surface area (Å²) in [7, 11) is 1.59. The number of amides is 1. The molecule has 1 fully saturated rings. The summed E-state index contributed by atoms with van der Waals surface area (Å²) in [6, 6.07) is 7.39. The van der Waals surface area contributed by atoms with Gasteiger partial charge in [-0.2, -0.15) is 0 Å². The van der Waals surface area contributed by atoms with Gasteiger partial charge in [-0.25, -0.2) is 4.98 Å². The Bertz CT molecular complexity index is 824. The molecule has 1 N–H and O–H groups in total. The fraction of sp³-hybridized carbons (Fsp3) is 0.500. The highest BCUT2D eigenvalue weighted by Crippen LogP contribution is 2.41. The number of carbonyl (C=O) groups is 1. The van der Waals surface area contributed by atoms with Crippen LogP contribution in [0.2, 0.25) is 0 Å². The number of likely N-dealkylation sites (N-methyl/N-ethyl adjacent to an activating group) is 1. The molecule has 0 atom stereocenters. The van der Waals surface area contributed by atoms with Gasteiger partial charge in [0, 0.05) is 48.9 Å². The molecule has 0 saturated heterocycles. The highest BCUT2D eigenvalue weighted by atomic mass is 16.5. The van der Waals surface area contributed by atoms with Gasteiger partial charge in [0.25, 0.3) is 5.91 Å². The quantitative estimate of drug-likeness (QED) is 0.757. The van der Waals surface area contributed by atoms with Crippen molar-refractivity contribution in [2.24, 2.45) is 0 Å². The number of hydrogen-bond acceptors (Lipinski definition) is 5. The van der Waals surface area contributed by atoms with E-state index >= 15 is 0 Å². The van der Waals surface area contributed by atoms with Crippen LogP contribution in [0.5, 0.6) is 5.88 Å². The van der Waals surface area contributed by atoms with Crippen LogP contribution < -0.4 is 4.74 Å². The standard InChI is InChI=1S/C22H29N3O3/c1-5-25(13-12-17-9-8-16(14-23-17)22(2,3)27)21(26)18-10-11-19(28-4)24-20(18)15-6-7-15/h8-11,14-15,27H,5-7,12-13H2,1-4H3. The second-order valence-corrected chi connectivity index (χ2v) is 7.79. The lowest BCUT2D eigenvalue weighted by Crippen LogP contribution is -2.33. The first-order chi connectivity index (χ1) is 13.3. The third-order valence-electron chi connectivity index (χ3n) is 5.14. The SMILES string of the molecule is CCN(CCc1ccc(C(C)(C)O)cn1)C(=O)c1ccc(OC)nc1C1CC1. The molecule has 0 aliphatic heterocycles. The molecular weight excluding hydrogens is 354 g/mol. The Morgan fingerprint density at radius 3 is 2.57 bits per heavy atom. The molecule has 2 aromatic heterocycles. The molecular formula is C22H29N3O3. The summed E-state index contributed by atoms with van der Waals surface area (Å²) in [4.78, 5) is 23.9. The molecule has 1 aliphatic carbocycles. The Kier molecular flexibility index (Phi) is 5.98. The first-order valence-corrected chi connectivity index (χ1v) is 9.85. The van der Waals surface area contributed by atoms with Crippen molar-refractivity contribution in [3.05, 3.63) is 53.0 Å². The van der Waals surface area contributed by atoms with Crippen LogP contribution in [-0.4, -0.2) is 46.1 Å². The zero-order valence-corrected chi connectivity index (χ0v) is 17.1. The lowest BCUT2D eigenvalue weighted by molar-refractivity contribution is 0.0763. The largest absolute Gasteiger partial charge is 0.481 e. The Labute approximate surface area is 166 Å². The summed E-state index contributed by atoms with van der Waals surface area (Å²) in [5.41, 5.74) is 2.30. The molecule has 2 heterocycles. The Balaban J connectivity index is 1.71. The van der Waals surface area contributed by atoms with Gasteiger partial charge in [-0.3, -0.25) is 9.78 Å². The lowest BCUT2D eigenvalue weighted by atomic mass is 10.0. The number of pyridine rings is 2. The van der Waals surface area contributed by atoms with E-state index in [9.17, 15) is 9.90 Å². The van der Waals surface area contributed by atoms with Crippen LogP contribution in [0.25, 0.3) is 0 Å². The molecule has 0 unspecified atom stereocenters. The number of hydrogen-bond donors (Lipinski definition) is 1. The van der Waals surface area contributed by atoms with Gasteiger partial charge in [0.05, 0.1) is 24.0 Å². The van der Waals surface area contributed by atoms with E-state index < -0.39 is 5.60 Å². The van der Waals surface area contributed by atoms with Gasteiger partial charge in [-0.1, -0.05) is 6.07 Å². The summed E-state index contributed by atoms with van der Waals surface area (Å²) in [5.74, 6) is 0.925. The van der Waals surface area contributed by atoms with Crippen molar-refractivity contribution >= 4 is 5.91 Å². The van der Waals surface area contributed by atoms with Crippen LogP contribution in [0.3, 0.4) is 0 Å². The maximum absolute atomic E-state index is 13.1. The minimum absolute atomic E-state index is 0.00710. The molecule has 0 aromatic carbocycles. The highest BCUT2D eigenvalue weighted by Gasteiger charge is 2.31. The summed E-state index contributed by atoms with van der Waals surface area (Å²) < 4.78 is 5.23. The normalized spacial score (nSPS) is 14.0. The van der Waals surface area contributed by atoms with Crippen molar-refractivity contribution in [2.45, 2.75) is 51.6 Å². The van der Waals surface area contributed by atoms with Gasteiger partial charge < -0.3 is 14.7 Å². The van der Waals surface area contributed by atoms with E-state index in [2.05, 4.69) is 9.97 Å². The molecule has 2 aromatic rings. The maximum Gasteiger partial charge on any atom is 0.255 e. The van der Waals surface area contributed by atoms with E-state index in [1.54, 1.807) is 33.2 Å². The predicted octanol–water partition coefficient (Wildman–Crippen LogP) is 3.29. The molecule has 0 radical (unpaired) electrons. The summed E-state index contributed by atoms with van der Waals surface area (Å²) in [6.45, 7) is 6.66. The monoisotopic (exact) mass is 383 g/mol. The fourth-order valence-corrected chi connectivity index (χ4v) is 3.18. The van der Waals surface area contributed by atoms with E-state index in [0.717, 1.165) is 29.8 Å². The van der Waals surface area contributed by atoms with Crippen molar-refractivity contribution in [2.75, 3.05) is 20.2 Å². The summed E-state index contributed by atoms with van der Waals surface area (Å²) in [6.07, 6.45) is 4.51. The minimum atomic E-state index is -0.905. The second kappa shape index (κ2) is 8.27. The first-order valence-electron chi connectivity index (χ1n) is 9.85. The summed E-state index contributed by atoms with van der Waals surface area (Å²) >= 11 is 0. The number of ether oxygens (including phenoxy) is 1. The van der Waals surface area contributed by atoms with Gasteiger partial charge >= 0.3 is 0 Å². The number of carbonyl (C=O) groups excluding carboxylic acids is 1. The van der Waals surface area contributed by atoms with Crippen LogP contribution in [-0.2, 0) is 12.0 Å². The van der Waals surface area contributed by atoms with Crippen molar-refractivity contribution in [1.29, 1.82) is 0 Å². The lowest BCUT2D eigenvalue weighted by Gasteiger charge is -2.22. The van der Waals surface area contributed by atoms with Crippen LogP contribution >= 0.6 is 0 Å². The van der Waals surface area contributed by atoms with Crippen molar-refractivity contribution in [3.63, 3.8) is 0 Å². The zero-order valence-electron chi connectivity index (χ0n) is 17.1. The van der Waals surface area contributed by atoms with Gasteiger partial charge in [-0.05, 0) is 45.7 Å². The number of aliphatic hydroxyl groups is 1. The van der Waals surface area contributed by atoms with E-state index in [-0.39, 0.29) is 5.91 Å². The Morgan fingerprint density at radius 1 is 1.29 bits per heavy atom. The second-order valence-electron chi connectivity index (χ2n) is 7.79. The smallest absolute Gasteiger partial charge is 0.255 e. The average molecular weight is 383 g/mol. The zero-order chi connectivity index (χ0) is 20.3. The van der Waals surface area contributed by atoms with Crippen LogP contribution in [0, 0.1) is 0 Å². The van der Waals surface area contributed by atoms with Gasteiger partial charge in [-0.15, -0.1) is 0 Å². The molecule has 6 nitrogen and oxygen atoms in total. The van der Waals surface area contributed by atoms with Gasteiger partial charge in [0.2, 0.25) is 5.88 Å². The average Bonchev–Trinajstić information content (AvgIpc) is 3.52. The van der Waals surface area contributed by atoms with E-state index in [0.29, 0.717) is 36.9 Å². The Morgan fingerprint density at radius 2 is 2.04 bits per heavy atom. The molecule has 1 amide bonds. The molecule has 6 heteroatoms. The third-order valence-corrected chi connectivity index (χ3v) is 5.14. The van der Waals surface area contributed by atoms with Crippen LogP contribution in [0.4, 0.5) is 0 Å². The topological polar surface area (TPSA) is 75.5 Å². The van der Waals surface area contributed by atoms with Crippen LogP contribution in [0.15, 0.2) is 30.5 Å². The summed E-state index contributed by atoms with van der Waals surface area (Å²) in [5, 5.41) is 10.0. The predicted molar refractivity (Wildman–Crippen MR) is 108 cm³/mol. The van der Waals surface area contributed by atoms with E-state index in [1.807, 2.05) is 30.0 Å². The highest BCUT2D eigenvalue weighted by molar-refractivity contribution is 5.95. The molecule has 0 spiro atoms. The number of aromatic nitrogens is 2. The number of rotatable bonds is 8. The van der Waals surface area contributed by atoms with Gasteiger partial charge in [0.1, 0.15) is 0 Å². The van der Waals surface area contributed by atoms with Crippen molar-refractivity contribution in [1.82, 2.24) is 14.9 Å². The minimum Gasteiger partial charge on any atom is -0.481 e. The van der Waals surface area contributed by atoms with Crippen molar-refractivity contribution in [3.8, 4) is 5.88 Å². The Hall–Kier alpha value is -2.47. The van der Waals surface area contributed by atoms with E-state index in [4.69, 9.17) is 4.74 Å². The van der Waals surface area contributed by atoms with Crippen molar-refractivity contribution < 1.29 is 14.6 Å². The molecule has 150 valence electrons. The fourth-order valence-electron chi connectivity index (χ4n) is 3.18. The third kappa shape index (κ3) is 4.68. The molecule has 0 bridgehead atoms. The first kappa shape index (κ1) is 20.3. The number of methoxy groups -OCH3 is 1. The molecule has 28 heavy (non-hydrogen) atoms. The molecule has 1 saturated carbocycles. The van der Waals surface area contributed by atoms with Crippen LogP contribution in [0.1, 0.15) is 66.8 Å². The molecule has 1 aliphatic rings. The van der Waals surface area contributed by atoms with E-state index in [1.165, 1.54) is 0 Å². The maximum atomic E-state index is 13.1.